The minimum atomic E-state index is -1.25. The van der Waals surface area contributed by atoms with Gasteiger partial charge in [0.15, 0.2) is 34.5 Å². The number of ether oxygens (including phenoxy) is 2. The summed E-state index contributed by atoms with van der Waals surface area (Å²) in [6.07, 6.45) is 4.46. The first-order chi connectivity index (χ1) is 17.7. The van der Waals surface area contributed by atoms with E-state index in [1.165, 1.54) is 18.5 Å². The first-order valence-corrected chi connectivity index (χ1v) is 11.0. The molecule has 0 bridgehead atoms. The van der Waals surface area contributed by atoms with E-state index in [9.17, 15) is 9.59 Å². The Morgan fingerprint density at radius 1 is 1.05 bits per heavy atom. The Morgan fingerprint density at radius 3 is 2.32 bits per heavy atom. The molecule has 0 radical (unpaired) electrons. The summed E-state index contributed by atoms with van der Waals surface area (Å²) in [5.41, 5.74) is 6.76. The number of nitrogens with zero attached hydrogens (tertiary/aromatic N) is 2. The zero-order valence-electron chi connectivity index (χ0n) is 20.4. The number of nitrogen functional groups attached to an aromatic ring is 1. The molecule has 1 aromatic carbocycles. The molecular formula is C25H23F2N5O5. The van der Waals surface area contributed by atoms with Crippen LogP contribution in [-0.4, -0.2) is 35.9 Å². The molecule has 0 saturated carbocycles. The molecule has 12 heteroatoms. The Kier molecular flexibility index (Phi) is 6.92. The second-order valence-electron chi connectivity index (χ2n) is 7.93. The number of amides is 1. The number of ketones is 1. The van der Waals surface area contributed by atoms with E-state index in [0.717, 1.165) is 25.8 Å². The minimum Gasteiger partial charge on any atom is -0.494 e. The summed E-state index contributed by atoms with van der Waals surface area (Å²) in [5.74, 6) is -5.12. The van der Waals surface area contributed by atoms with Crippen LogP contribution < -0.4 is 25.8 Å². The molecule has 3 heterocycles. The molecule has 0 saturated heterocycles. The van der Waals surface area contributed by atoms with Gasteiger partial charge < -0.3 is 30.3 Å². The molecule has 192 valence electrons. The molecule has 1 amide bonds. The standard InChI is InChI=1S/C25H23F2N5O5/c1-5-18(33)32-23-12-6-17(31-22-11(2)8-29-9-13(22)28)30-10-16(12)37-25(23)24(34)19-20(26)14(35-3)7-15(36-4)21(19)27/h6-10H,5,28H2,1-4H3,(H,32,33)(H,29,30,31). The van der Waals surface area contributed by atoms with Gasteiger partial charge in [-0.05, 0) is 18.6 Å². The lowest BCUT2D eigenvalue weighted by Crippen LogP contribution is -2.15. The Bertz CT molecular complexity index is 1490. The number of rotatable bonds is 8. The van der Waals surface area contributed by atoms with Gasteiger partial charge in [0.05, 0.1) is 49.1 Å². The number of anilines is 4. The second kappa shape index (κ2) is 10.1. The van der Waals surface area contributed by atoms with Gasteiger partial charge in [-0.3, -0.25) is 14.6 Å². The van der Waals surface area contributed by atoms with E-state index in [0.29, 0.717) is 17.2 Å². The van der Waals surface area contributed by atoms with Crippen molar-refractivity contribution in [3.8, 4) is 11.5 Å². The summed E-state index contributed by atoms with van der Waals surface area (Å²) in [7, 11) is 2.32. The number of nitrogens with two attached hydrogens (primary N) is 1. The maximum absolute atomic E-state index is 15.1. The normalized spacial score (nSPS) is 10.9. The Labute approximate surface area is 209 Å². The largest absolute Gasteiger partial charge is 0.494 e. The Morgan fingerprint density at radius 2 is 1.73 bits per heavy atom. The molecule has 4 aromatic rings. The van der Waals surface area contributed by atoms with Gasteiger partial charge in [-0.2, -0.15) is 0 Å². The van der Waals surface area contributed by atoms with E-state index in [2.05, 4.69) is 20.6 Å². The molecule has 0 aliphatic carbocycles. The first kappa shape index (κ1) is 25.4. The molecule has 4 rings (SSSR count). The summed E-state index contributed by atoms with van der Waals surface area (Å²) in [6.45, 7) is 3.41. The maximum atomic E-state index is 15.1. The summed E-state index contributed by atoms with van der Waals surface area (Å²) < 4.78 is 45.7. The second-order valence-corrected chi connectivity index (χ2v) is 7.93. The number of methoxy groups -OCH3 is 2. The number of aromatic nitrogens is 2. The molecule has 0 spiro atoms. The van der Waals surface area contributed by atoms with E-state index in [4.69, 9.17) is 19.6 Å². The number of aryl methyl sites for hydroxylation is 1. The van der Waals surface area contributed by atoms with Crippen LogP contribution in [-0.2, 0) is 4.79 Å². The summed E-state index contributed by atoms with van der Waals surface area (Å²) in [6, 6.07) is 2.49. The van der Waals surface area contributed by atoms with Gasteiger partial charge in [-0.1, -0.05) is 6.92 Å². The highest BCUT2D eigenvalue weighted by atomic mass is 19.1. The highest BCUT2D eigenvalue weighted by molar-refractivity contribution is 6.17. The monoisotopic (exact) mass is 511 g/mol. The van der Waals surface area contributed by atoms with Crippen molar-refractivity contribution in [3.63, 3.8) is 0 Å². The van der Waals surface area contributed by atoms with Crippen LogP contribution >= 0.6 is 0 Å². The van der Waals surface area contributed by atoms with Crippen molar-refractivity contribution >= 4 is 45.5 Å². The molecule has 0 aliphatic rings. The molecule has 0 atom stereocenters. The highest BCUT2D eigenvalue weighted by Gasteiger charge is 2.32. The average molecular weight is 511 g/mol. The van der Waals surface area contributed by atoms with Crippen LogP contribution in [0.4, 0.5) is 31.7 Å². The van der Waals surface area contributed by atoms with Crippen LogP contribution in [0.3, 0.4) is 0 Å². The maximum Gasteiger partial charge on any atom is 0.236 e. The Hall–Kier alpha value is -4.74. The van der Waals surface area contributed by atoms with Crippen molar-refractivity contribution in [2.75, 3.05) is 30.6 Å². The van der Waals surface area contributed by atoms with Crippen LogP contribution in [0.25, 0.3) is 11.0 Å². The molecule has 0 unspecified atom stereocenters. The number of carbonyl (C=O) groups is 2. The van der Waals surface area contributed by atoms with Crippen LogP contribution in [0, 0.1) is 18.6 Å². The number of hydrogen-bond acceptors (Lipinski definition) is 9. The first-order valence-electron chi connectivity index (χ1n) is 11.0. The number of halogens is 2. The zero-order valence-corrected chi connectivity index (χ0v) is 20.4. The van der Waals surface area contributed by atoms with Gasteiger partial charge in [-0.15, -0.1) is 0 Å². The molecular weight excluding hydrogens is 488 g/mol. The van der Waals surface area contributed by atoms with Gasteiger partial charge >= 0.3 is 0 Å². The van der Waals surface area contributed by atoms with E-state index in [-0.39, 0.29) is 23.1 Å². The molecule has 4 N–H and O–H groups in total. The fourth-order valence-corrected chi connectivity index (χ4v) is 3.67. The smallest absolute Gasteiger partial charge is 0.236 e. The lowest BCUT2D eigenvalue weighted by molar-refractivity contribution is -0.115. The quantitative estimate of drug-likeness (QED) is 0.286. The lowest BCUT2D eigenvalue weighted by Gasteiger charge is -2.12. The van der Waals surface area contributed by atoms with E-state index in [1.807, 2.05) is 0 Å². The van der Waals surface area contributed by atoms with E-state index >= 15 is 8.78 Å². The summed E-state index contributed by atoms with van der Waals surface area (Å²) in [5, 5.41) is 5.94. The molecule has 10 nitrogen and oxygen atoms in total. The van der Waals surface area contributed by atoms with Crippen molar-refractivity contribution in [1.29, 1.82) is 0 Å². The number of pyridine rings is 2. The lowest BCUT2D eigenvalue weighted by atomic mass is 10.0. The topological polar surface area (TPSA) is 142 Å². The SMILES string of the molecule is CCC(=O)Nc1c(C(=O)c2c(F)c(OC)cc(OC)c2F)oc2cnc(Nc3c(C)cncc3N)cc12. The van der Waals surface area contributed by atoms with Crippen molar-refractivity contribution in [2.24, 2.45) is 0 Å². The van der Waals surface area contributed by atoms with Crippen molar-refractivity contribution < 1.29 is 32.3 Å². The number of hydrogen-bond donors (Lipinski definition) is 3. The van der Waals surface area contributed by atoms with Gasteiger partial charge in [0.2, 0.25) is 11.7 Å². The van der Waals surface area contributed by atoms with E-state index in [1.54, 1.807) is 20.0 Å². The Balaban J connectivity index is 1.89. The van der Waals surface area contributed by atoms with Gasteiger partial charge in [0.1, 0.15) is 11.4 Å². The van der Waals surface area contributed by atoms with Gasteiger partial charge in [0.25, 0.3) is 0 Å². The molecule has 37 heavy (non-hydrogen) atoms. The summed E-state index contributed by atoms with van der Waals surface area (Å²) in [4.78, 5) is 34.1. The predicted octanol–water partition coefficient (Wildman–Crippen LogP) is 4.73. The third kappa shape index (κ3) is 4.60. The third-order valence-electron chi connectivity index (χ3n) is 5.59. The van der Waals surface area contributed by atoms with Gasteiger partial charge in [0, 0.05) is 18.7 Å². The molecule has 0 fully saturated rings. The zero-order chi connectivity index (χ0) is 26.9. The highest BCUT2D eigenvalue weighted by Crippen LogP contribution is 2.38. The molecule has 3 aromatic heterocycles. The number of benzene rings is 1. The number of nitrogens with one attached hydrogen (secondary N) is 2. The average Bonchev–Trinajstić information content (AvgIpc) is 3.24. The van der Waals surface area contributed by atoms with Crippen LogP contribution in [0.2, 0.25) is 0 Å². The molecule has 0 aliphatic heterocycles. The summed E-state index contributed by atoms with van der Waals surface area (Å²) >= 11 is 0. The number of furan rings is 1. The van der Waals surface area contributed by atoms with Gasteiger partial charge in [-0.25, -0.2) is 13.8 Å². The third-order valence-corrected chi connectivity index (χ3v) is 5.59. The fraction of sp³-hybridized carbons (Fsp3) is 0.200. The van der Waals surface area contributed by atoms with Crippen LogP contribution in [0.15, 0.2) is 35.1 Å². The van der Waals surface area contributed by atoms with Crippen molar-refractivity contribution in [3.05, 3.63) is 59.2 Å². The fourth-order valence-electron chi connectivity index (χ4n) is 3.67. The minimum absolute atomic E-state index is 0.0684. The predicted molar refractivity (Wildman–Crippen MR) is 132 cm³/mol. The number of fused-ring (bicyclic) bond motifs is 1. The van der Waals surface area contributed by atoms with Crippen LogP contribution in [0.1, 0.15) is 35.0 Å². The number of carbonyl (C=O) groups excluding carboxylic acids is 2. The van der Waals surface area contributed by atoms with E-state index < -0.39 is 46.1 Å². The van der Waals surface area contributed by atoms with Crippen molar-refractivity contribution in [1.82, 2.24) is 9.97 Å². The van der Waals surface area contributed by atoms with Crippen LogP contribution in [0.5, 0.6) is 11.5 Å². The van der Waals surface area contributed by atoms with Crippen molar-refractivity contribution in [2.45, 2.75) is 20.3 Å².